The Morgan fingerprint density at radius 2 is 2.25 bits per heavy atom. The first-order valence-electron chi connectivity index (χ1n) is 5.43. The van der Waals surface area contributed by atoms with Crippen molar-refractivity contribution >= 4 is 33.4 Å². The van der Waals surface area contributed by atoms with Gasteiger partial charge in [0.25, 0.3) is 0 Å². The summed E-state index contributed by atoms with van der Waals surface area (Å²) in [7, 11) is 1.70. The Balaban J connectivity index is 2.42. The maximum absolute atomic E-state index is 5.29. The zero-order valence-corrected chi connectivity index (χ0v) is 12.2. The number of rotatable bonds is 7. The molecule has 0 saturated carbocycles. The highest BCUT2D eigenvalue weighted by Crippen LogP contribution is 2.27. The van der Waals surface area contributed by atoms with Gasteiger partial charge in [0.1, 0.15) is 5.75 Å². The molecule has 1 aromatic carbocycles. The van der Waals surface area contributed by atoms with E-state index in [0.717, 1.165) is 22.5 Å². The lowest BCUT2D eigenvalue weighted by molar-refractivity contribution is 0.416. The standard InChI is InChI=1S/C12H18BrNOS/c1-3-16-8-4-7-14-11-9-10(13)5-6-12(11)15-2/h5-6,9,14H,3-4,7-8H2,1-2H3. The normalized spacial score (nSPS) is 10.2. The van der Waals surface area contributed by atoms with Gasteiger partial charge >= 0.3 is 0 Å². The van der Waals surface area contributed by atoms with Crippen molar-refractivity contribution in [1.29, 1.82) is 0 Å². The Labute approximate surface area is 110 Å². The maximum atomic E-state index is 5.29. The fourth-order valence-electron chi connectivity index (χ4n) is 1.36. The number of thioether (sulfide) groups is 1. The molecule has 90 valence electrons. The molecule has 4 heteroatoms. The van der Waals surface area contributed by atoms with Gasteiger partial charge in [-0.1, -0.05) is 22.9 Å². The Hall–Kier alpha value is -0.350. The number of methoxy groups -OCH3 is 1. The zero-order valence-electron chi connectivity index (χ0n) is 9.75. The smallest absolute Gasteiger partial charge is 0.142 e. The molecular formula is C12H18BrNOS. The van der Waals surface area contributed by atoms with Crippen molar-refractivity contribution in [2.75, 3.05) is 30.5 Å². The van der Waals surface area contributed by atoms with E-state index in [4.69, 9.17) is 4.74 Å². The lowest BCUT2D eigenvalue weighted by Gasteiger charge is -2.11. The first-order valence-corrected chi connectivity index (χ1v) is 7.38. The fraction of sp³-hybridized carbons (Fsp3) is 0.500. The van der Waals surface area contributed by atoms with Gasteiger partial charge in [0, 0.05) is 11.0 Å². The monoisotopic (exact) mass is 303 g/mol. The highest BCUT2D eigenvalue weighted by Gasteiger charge is 2.02. The van der Waals surface area contributed by atoms with Gasteiger partial charge in [0.05, 0.1) is 12.8 Å². The molecule has 0 unspecified atom stereocenters. The molecule has 0 saturated heterocycles. The van der Waals surface area contributed by atoms with Crippen LogP contribution in [0.5, 0.6) is 5.75 Å². The van der Waals surface area contributed by atoms with Crippen LogP contribution in [0.25, 0.3) is 0 Å². The van der Waals surface area contributed by atoms with Crippen LogP contribution in [0.15, 0.2) is 22.7 Å². The average Bonchev–Trinajstić information content (AvgIpc) is 2.29. The molecular weight excluding hydrogens is 286 g/mol. The van der Waals surface area contributed by atoms with E-state index >= 15 is 0 Å². The lowest BCUT2D eigenvalue weighted by atomic mass is 10.3. The number of hydrogen-bond donors (Lipinski definition) is 1. The molecule has 0 atom stereocenters. The van der Waals surface area contributed by atoms with Gasteiger partial charge < -0.3 is 10.1 Å². The Bertz CT molecular complexity index is 320. The van der Waals surface area contributed by atoms with Gasteiger partial charge in [-0.05, 0) is 36.1 Å². The molecule has 1 aromatic rings. The van der Waals surface area contributed by atoms with Crippen LogP contribution in [0.4, 0.5) is 5.69 Å². The molecule has 0 aliphatic carbocycles. The second-order valence-corrected chi connectivity index (χ2v) is 5.63. The van der Waals surface area contributed by atoms with Crippen LogP contribution >= 0.6 is 27.7 Å². The van der Waals surface area contributed by atoms with Crippen LogP contribution in [-0.2, 0) is 0 Å². The van der Waals surface area contributed by atoms with E-state index in [-0.39, 0.29) is 0 Å². The van der Waals surface area contributed by atoms with Crippen molar-refractivity contribution in [3.8, 4) is 5.75 Å². The number of nitrogens with one attached hydrogen (secondary N) is 1. The van der Waals surface area contributed by atoms with E-state index in [9.17, 15) is 0 Å². The van der Waals surface area contributed by atoms with E-state index in [1.165, 1.54) is 17.9 Å². The van der Waals surface area contributed by atoms with Gasteiger partial charge in [0.2, 0.25) is 0 Å². The van der Waals surface area contributed by atoms with Gasteiger partial charge in [-0.25, -0.2) is 0 Å². The third kappa shape index (κ3) is 4.66. The van der Waals surface area contributed by atoms with Crippen molar-refractivity contribution in [3.05, 3.63) is 22.7 Å². The second kappa shape index (κ2) is 7.85. The van der Waals surface area contributed by atoms with Crippen LogP contribution in [0.3, 0.4) is 0 Å². The van der Waals surface area contributed by atoms with E-state index in [1.54, 1.807) is 7.11 Å². The maximum Gasteiger partial charge on any atom is 0.142 e. The Morgan fingerprint density at radius 3 is 2.94 bits per heavy atom. The molecule has 0 spiro atoms. The predicted octanol–water partition coefficient (Wildman–Crippen LogP) is 4.01. The molecule has 16 heavy (non-hydrogen) atoms. The lowest BCUT2D eigenvalue weighted by Crippen LogP contribution is -2.04. The van der Waals surface area contributed by atoms with Crippen molar-refractivity contribution in [1.82, 2.24) is 0 Å². The number of anilines is 1. The van der Waals surface area contributed by atoms with Crippen molar-refractivity contribution in [2.45, 2.75) is 13.3 Å². The minimum absolute atomic E-state index is 0.895. The fourth-order valence-corrected chi connectivity index (χ4v) is 2.36. The molecule has 0 bridgehead atoms. The quantitative estimate of drug-likeness (QED) is 0.769. The van der Waals surface area contributed by atoms with Crippen LogP contribution in [-0.4, -0.2) is 25.2 Å². The van der Waals surface area contributed by atoms with E-state index in [2.05, 4.69) is 28.2 Å². The number of halogens is 1. The van der Waals surface area contributed by atoms with Crippen LogP contribution in [0.2, 0.25) is 0 Å². The number of hydrogen-bond acceptors (Lipinski definition) is 3. The van der Waals surface area contributed by atoms with Crippen molar-refractivity contribution in [2.24, 2.45) is 0 Å². The zero-order chi connectivity index (χ0) is 11.8. The third-order valence-corrected chi connectivity index (χ3v) is 3.63. The number of benzene rings is 1. The Morgan fingerprint density at radius 1 is 1.44 bits per heavy atom. The summed E-state index contributed by atoms with van der Waals surface area (Å²) in [5.41, 5.74) is 1.05. The summed E-state index contributed by atoms with van der Waals surface area (Å²) in [4.78, 5) is 0. The summed E-state index contributed by atoms with van der Waals surface area (Å²) in [6, 6.07) is 6.00. The van der Waals surface area contributed by atoms with Crippen molar-refractivity contribution < 1.29 is 4.74 Å². The number of ether oxygens (including phenoxy) is 1. The molecule has 1 rings (SSSR count). The molecule has 0 fully saturated rings. The van der Waals surface area contributed by atoms with E-state index in [0.29, 0.717) is 0 Å². The Kier molecular flexibility index (Phi) is 6.73. The summed E-state index contributed by atoms with van der Waals surface area (Å²) in [5, 5.41) is 3.40. The third-order valence-electron chi connectivity index (χ3n) is 2.15. The first-order chi connectivity index (χ1) is 7.77. The molecule has 2 nitrogen and oxygen atoms in total. The van der Waals surface area contributed by atoms with Gasteiger partial charge in [-0.2, -0.15) is 11.8 Å². The van der Waals surface area contributed by atoms with Crippen LogP contribution < -0.4 is 10.1 Å². The van der Waals surface area contributed by atoms with Crippen molar-refractivity contribution in [3.63, 3.8) is 0 Å². The summed E-state index contributed by atoms with van der Waals surface area (Å²) in [6.45, 7) is 3.18. The molecule has 0 amide bonds. The molecule has 0 radical (unpaired) electrons. The first kappa shape index (κ1) is 13.7. The summed E-state index contributed by atoms with van der Waals surface area (Å²) in [5.74, 6) is 3.30. The van der Waals surface area contributed by atoms with Crippen LogP contribution in [0.1, 0.15) is 13.3 Å². The van der Waals surface area contributed by atoms with E-state index in [1.807, 2.05) is 30.0 Å². The predicted molar refractivity (Wildman–Crippen MR) is 76.8 cm³/mol. The SMILES string of the molecule is CCSCCCNc1cc(Br)ccc1OC. The molecule has 0 aliphatic heterocycles. The summed E-state index contributed by atoms with van der Waals surface area (Å²) in [6.07, 6.45) is 1.17. The van der Waals surface area contributed by atoms with Gasteiger partial charge in [-0.15, -0.1) is 0 Å². The average molecular weight is 304 g/mol. The largest absolute Gasteiger partial charge is 0.495 e. The minimum atomic E-state index is 0.895. The molecule has 0 aromatic heterocycles. The van der Waals surface area contributed by atoms with E-state index < -0.39 is 0 Å². The van der Waals surface area contributed by atoms with Crippen LogP contribution in [0, 0.1) is 0 Å². The molecule has 1 N–H and O–H groups in total. The van der Waals surface area contributed by atoms with Gasteiger partial charge in [-0.3, -0.25) is 0 Å². The highest BCUT2D eigenvalue weighted by atomic mass is 79.9. The minimum Gasteiger partial charge on any atom is -0.495 e. The topological polar surface area (TPSA) is 21.3 Å². The summed E-state index contributed by atoms with van der Waals surface area (Å²) < 4.78 is 6.36. The molecule has 0 aliphatic rings. The summed E-state index contributed by atoms with van der Waals surface area (Å²) >= 11 is 5.44. The molecule has 0 heterocycles. The second-order valence-electron chi connectivity index (χ2n) is 3.32. The highest BCUT2D eigenvalue weighted by molar-refractivity contribution is 9.10. The van der Waals surface area contributed by atoms with Gasteiger partial charge in [0.15, 0.2) is 0 Å².